The van der Waals surface area contributed by atoms with Crippen LogP contribution in [-0.2, 0) is 16.1 Å². The minimum atomic E-state index is -0.103. The number of carbonyl (C=O) groups excluding carboxylic acids is 2. The summed E-state index contributed by atoms with van der Waals surface area (Å²) >= 11 is 0. The van der Waals surface area contributed by atoms with Crippen molar-refractivity contribution in [3.8, 4) is 11.8 Å². The molecule has 0 aliphatic carbocycles. The predicted octanol–water partition coefficient (Wildman–Crippen LogP) is 3.17. The molecule has 1 aliphatic rings. The Morgan fingerprint density at radius 1 is 0.967 bits per heavy atom. The molecule has 30 heavy (non-hydrogen) atoms. The van der Waals surface area contributed by atoms with Gasteiger partial charge in [-0.05, 0) is 23.8 Å². The molecule has 156 valence electrons. The zero-order valence-electron chi connectivity index (χ0n) is 16.7. The lowest BCUT2D eigenvalue weighted by Gasteiger charge is -2.26. The highest BCUT2D eigenvalue weighted by Crippen LogP contribution is 2.26. The number of nitrogens with zero attached hydrogens (tertiary/aromatic N) is 1. The molecule has 2 aromatic carbocycles. The number of para-hydroxylation sites is 1. The molecule has 0 aromatic heterocycles. The molecular weight excluding hydrogens is 414 g/mol. The van der Waals surface area contributed by atoms with Crippen LogP contribution in [0.2, 0.25) is 0 Å². The van der Waals surface area contributed by atoms with Crippen molar-refractivity contribution in [3.63, 3.8) is 0 Å². The van der Waals surface area contributed by atoms with Gasteiger partial charge < -0.3 is 16.0 Å². The summed E-state index contributed by atoms with van der Waals surface area (Å²) in [6.45, 7) is 1.68. The van der Waals surface area contributed by atoms with Crippen molar-refractivity contribution in [3.05, 3.63) is 65.2 Å². The van der Waals surface area contributed by atoms with E-state index in [9.17, 15) is 9.59 Å². The monoisotopic (exact) mass is 439 g/mol. The maximum atomic E-state index is 13.1. The summed E-state index contributed by atoms with van der Waals surface area (Å²) < 4.78 is 0. The van der Waals surface area contributed by atoms with Crippen LogP contribution in [0.5, 0.6) is 0 Å². The fourth-order valence-electron chi connectivity index (χ4n) is 3.05. The van der Waals surface area contributed by atoms with Gasteiger partial charge in [0.2, 0.25) is 11.8 Å². The zero-order chi connectivity index (χ0) is 21.2. The second kappa shape index (κ2) is 11.7. The van der Waals surface area contributed by atoms with E-state index in [0.29, 0.717) is 19.6 Å². The number of hydrogen-bond acceptors (Lipinski definition) is 5. The normalized spacial score (nSPS) is 12.0. The summed E-state index contributed by atoms with van der Waals surface area (Å²) in [5, 5.41) is 2.88. The molecule has 2 amide bonds. The molecule has 0 fully saturated rings. The smallest absolute Gasteiger partial charge is 0.227 e. The predicted molar refractivity (Wildman–Crippen MR) is 126 cm³/mol. The van der Waals surface area contributed by atoms with Gasteiger partial charge in [-0.1, -0.05) is 63.8 Å². The summed E-state index contributed by atoms with van der Waals surface area (Å²) in [7, 11) is 3.39. The molecule has 0 saturated heterocycles. The van der Waals surface area contributed by atoms with Crippen LogP contribution in [-0.4, -0.2) is 36.4 Å². The van der Waals surface area contributed by atoms with Gasteiger partial charge in [0.15, 0.2) is 0 Å². The maximum Gasteiger partial charge on any atom is 0.227 e. The fraction of sp³-hybridized carbons (Fsp3) is 0.304. The van der Waals surface area contributed by atoms with Gasteiger partial charge in [0.05, 0.1) is 12.2 Å². The first-order valence-corrected chi connectivity index (χ1v) is 12.4. The van der Waals surface area contributed by atoms with Crippen molar-refractivity contribution in [2.24, 2.45) is 5.73 Å². The quantitative estimate of drug-likeness (QED) is 0.357. The Hall–Kier alpha value is -2.40. The average molecular weight is 440 g/mol. The van der Waals surface area contributed by atoms with Gasteiger partial charge in [-0.25, -0.2) is 0 Å². The Morgan fingerprint density at radius 3 is 2.50 bits per heavy atom. The Balaban J connectivity index is 1.61. The minimum absolute atomic E-state index is 0.0796. The standard InChI is InChI=1S/C23H25N3O2S2/c24-13-15-29-30-16-14-25-22(27)11-12-23(28)26-17-20-7-2-1-5-18(20)9-10-19-6-3-4-8-21(19)26/h1-8H,11-17,24H2,(H,25,27). The zero-order valence-corrected chi connectivity index (χ0v) is 18.4. The minimum Gasteiger partial charge on any atom is -0.355 e. The van der Waals surface area contributed by atoms with E-state index in [0.717, 1.165) is 33.9 Å². The van der Waals surface area contributed by atoms with E-state index >= 15 is 0 Å². The van der Waals surface area contributed by atoms with Crippen LogP contribution in [0.1, 0.15) is 29.5 Å². The van der Waals surface area contributed by atoms with E-state index in [4.69, 9.17) is 5.73 Å². The first kappa shape index (κ1) is 22.3. The van der Waals surface area contributed by atoms with Gasteiger partial charge in [-0.15, -0.1) is 0 Å². The Morgan fingerprint density at radius 2 is 1.67 bits per heavy atom. The highest BCUT2D eigenvalue weighted by atomic mass is 33.1. The van der Waals surface area contributed by atoms with E-state index in [-0.39, 0.29) is 24.7 Å². The molecule has 0 saturated carbocycles. The molecule has 0 atom stereocenters. The molecule has 1 heterocycles. The van der Waals surface area contributed by atoms with Gasteiger partial charge in [0, 0.05) is 48.6 Å². The van der Waals surface area contributed by atoms with Crippen LogP contribution >= 0.6 is 21.6 Å². The maximum absolute atomic E-state index is 13.1. The number of benzene rings is 2. The molecule has 3 N–H and O–H groups in total. The number of nitrogens with one attached hydrogen (secondary N) is 1. The van der Waals surface area contributed by atoms with E-state index in [1.54, 1.807) is 26.5 Å². The Kier molecular flexibility index (Phi) is 8.69. The van der Waals surface area contributed by atoms with Gasteiger partial charge in [-0.3, -0.25) is 9.59 Å². The van der Waals surface area contributed by atoms with Gasteiger partial charge >= 0.3 is 0 Å². The average Bonchev–Trinajstić information content (AvgIpc) is 2.76. The van der Waals surface area contributed by atoms with E-state index in [1.165, 1.54) is 0 Å². The second-order valence-electron chi connectivity index (χ2n) is 6.69. The summed E-state index contributed by atoms with van der Waals surface area (Å²) in [6.07, 6.45) is 0.330. The molecule has 0 spiro atoms. The highest BCUT2D eigenvalue weighted by Gasteiger charge is 2.21. The SMILES string of the molecule is NCCSSCCNC(=O)CCC(=O)N1Cc2ccccc2C#Cc2ccccc21. The van der Waals surface area contributed by atoms with E-state index < -0.39 is 0 Å². The number of fused-ring (bicyclic) bond motifs is 2. The summed E-state index contributed by atoms with van der Waals surface area (Å²) in [5.41, 5.74) is 8.98. The summed E-state index contributed by atoms with van der Waals surface area (Å²) in [5.74, 6) is 7.93. The van der Waals surface area contributed by atoms with Crippen LogP contribution in [0.25, 0.3) is 0 Å². The van der Waals surface area contributed by atoms with Crippen LogP contribution in [0.15, 0.2) is 48.5 Å². The van der Waals surface area contributed by atoms with Gasteiger partial charge in [-0.2, -0.15) is 0 Å². The number of nitrogens with two attached hydrogens (primary N) is 1. The van der Waals surface area contributed by atoms with Crippen LogP contribution < -0.4 is 16.0 Å². The fourth-order valence-corrected chi connectivity index (χ4v) is 4.81. The molecule has 0 bridgehead atoms. The Labute approximate surface area is 185 Å². The molecule has 1 aliphatic heterocycles. The molecule has 3 rings (SSSR count). The summed E-state index contributed by atoms with van der Waals surface area (Å²) in [6, 6.07) is 15.5. The lowest BCUT2D eigenvalue weighted by Crippen LogP contribution is -2.33. The molecule has 0 radical (unpaired) electrons. The molecule has 0 unspecified atom stereocenters. The lowest BCUT2D eigenvalue weighted by atomic mass is 10.0. The molecule has 5 nitrogen and oxygen atoms in total. The third kappa shape index (κ3) is 6.30. The Bertz CT molecular complexity index is 953. The first-order chi connectivity index (χ1) is 14.7. The van der Waals surface area contributed by atoms with Gasteiger partial charge in [0.1, 0.15) is 0 Å². The van der Waals surface area contributed by atoms with Crippen molar-refractivity contribution in [1.29, 1.82) is 0 Å². The van der Waals surface area contributed by atoms with E-state index in [2.05, 4.69) is 17.2 Å². The first-order valence-electron chi connectivity index (χ1n) is 9.89. The van der Waals surface area contributed by atoms with Crippen molar-refractivity contribution in [2.75, 3.05) is 29.5 Å². The molecule has 7 heteroatoms. The number of amides is 2. The van der Waals surface area contributed by atoms with Crippen molar-refractivity contribution >= 4 is 39.1 Å². The van der Waals surface area contributed by atoms with Gasteiger partial charge in [0.25, 0.3) is 0 Å². The number of hydrogen-bond donors (Lipinski definition) is 2. The van der Waals surface area contributed by atoms with Crippen molar-refractivity contribution in [1.82, 2.24) is 5.32 Å². The summed E-state index contributed by atoms with van der Waals surface area (Å²) in [4.78, 5) is 27.0. The number of anilines is 1. The molecular formula is C23H25N3O2S2. The van der Waals surface area contributed by atoms with E-state index in [1.807, 2.05) is 48.5 Å². The largest absolute Gasteiger partial charge is 0.355 e. The lowest BCUT2D eigenvalue weighted by molar-refractivity contribution is -0.125. The second-order valence-corrected chi connectivity index (χ2v) is 9.39. The van der Waals surface area contributed by atoms with Crippen molar-refractivity contribution in [2.45, 2.75) is 19.4 Å². The third-order valence-corrected chi connectivity index (χ3v) is 6.97. The van der Waals surface area contributed by atoms with Crippen LogP contribution in [0.3, 0.4) is 0 Å². The highest BCUT2D eigenvalue weighted by molar-refractivity contribution is 8.76. The third-order valence-electron chi connectivity index (χ3n) is 4.53. The number of rotatable bonds is 9. The van der Waals surface area contributed by atoms with Crippen LogP contribution in [0.4, 0.5) is 5.69 Å². The molecule has 2 aromatic rings. The topological polar surface area (TPSA) is 75.4 Å². The van der Waals surface area contributed by atoms with Crippen molar-refractivity contribution < 1.29 is 9.59 Å². The number of carbonyl (C=O) groups is 2. The van der Waals surface area contributed by atoms with Crippen LogP contribution in [0, 0.1) is 11.8 Å².